The molecule has 4 nitrogen and oxygen atoms in total. The van der Waals surface area contributed by atoms with Gasteiger partial charge >= 0.3 is 0 Å². The molecule has 0 heterocycles. The molecule has 0 bridgehead atoms. The molecule has 0 aromatic heterocycles. The van der Waals surface area contributed by atoms with E-state index in [1.165, 1.54) is 0 Å². The van der Waals surface area contributed by atoms with E-state index in [1.807, 2.05) is 13.8 Å². The molecule has 4 N–H and O–H groups in total. The summed E-state index contributed by atoms with van der Waals surface area (Å²) in [5.74, 6) is 0.225. The fourth-order valence-electron chi connectivity index (χ4n) is 1.54. The van der Waals surface area contributed by atoms with Gasteiger partial charge in [0.2, 0.25) is 5.91 Å². The van der Waals surface area contributed by atoms with Crippen LogP contribution < -0.4 is 11.1 Å². The highest BCUT2D eigenvalue weighted by Crippen LogP contribution is 2.11. The number of rotatable bonds is 5. The van der Waals surface area contributed by atoms with E-state index in [4.69, 9.17) is 10.8 Å². The van der Waals surface area contributed by atoms with E-state index in [-0.39, 0.29) is 12.5 Å². The van der Waals surface area contributed by atoms with Crippen molar-refractivity contribution in [3.8, 4) is 0 Å². The lowest BCUT2D eigenvalue weighted by Crippen LogP contribution is -2.36. The average molecular weight is 236 g/mol. The van der Waals surface area contributed by atoms with Gasteiger partial charge in [-0.25, -0.2) is 0 Å². The quantitative estimate of drug-likeness (QED) is 0.725. The molecule has 0 fully saturated rings. The Morgan fingerprint density at radius 1 is 1.35 bits per heavy atom. The SMILES string of the molecule is CC(C)C[C@H](N)C(=O)Nc1ccc(CO)cc1. The summed E-state index contributed by atoms with van der Waals surface area (Å²) in [6.45, 7) is 4.06. The van der Waals surface area contributed by atoms with E-state index in [2.05, 4.69) is 5.32 Å². The summed E-state index contributed by atoms with van der Waals surface area (Å²) >= 11 is 0. The number of benzene rings is 1. The zero-order valence-electron chi connectivity index (χ0n) is 10.3. The Labute approximate surface area is 102 Å². The maximum absolute atomic E-state index is 11.7. The van der Waals surface area contributed by atoms with Gasteiger partial charge in [0.05, 0.1) is 12.6 Å². The Morgan fingerprint density at radius 2 is 1.94 bits per heavy atom. The van der Waals surface area contributed by atoms with E-state index < -0.39 is 6.04 Å². The Bertz CT molecular complexity index is 360. The lowest BCUT2D eigenvalue weighted by molar-refractivity contribution is -0.117. The van der Waals surface area contributed by atoms with Gasteiger partial charge in [-0.05, 0) is 30.0 Å². The van der Waals surface area contributed by atoms with Crippen molar-refractivity contribution in [2.75, 3.05) is 5.32 Å². The molecule has 1 atom stereocenters. The number of carbonyl (C=O) groups is 1. The molecule has 0 radical (unpaired) electrons. The van der Waals surface area contributed by atoms with E-state index >= 15 is 0 Å². The molecule has 0 aliphatic carbocycles. The molecule has 0 spiro atoms. The van der Waals surface area contributed by atoms with Gasteiger partial charge in [0.1, 0.15) is 0 Å². The van der Waals surface area contributed by atoms with E-state index in [1.54, 1.807) is 24.3 Å². The van der Waals surface area contributed by atoms with Crippen LogP contribution in [0.2, 0.25) is 0 Å². The first kappa shape index (κ1) is 13.7. The first-order valence-electron chi connectivity index (χ1n) is 5.79. The standard InChI is InChI=1S/C13H20N2O2/c1-9(2)7-12(14)13(17)15-11-5-3-10(8-16)4-6-11/h3-6,9,12,16H,7-8,14H2,1-2H3,(H,15,17)/t12-/m0/s1. The number of anilines is 1. The Morgan fingerprint density at radius 3 is 2.41 bits per heavy atom. The molecule has 94 valence electrons. The number of aliphatic hydroxyl groups excluding tert-OH is 1. The van der Waals surface area contributed by atoms with Crippen LogP contribution in [-0.2, 0) is 11.4 Å². The lowest BCUT2D eigenvalue weighted by atomic mass is 10.0. The third-order valence-electron chi connectivity index (χ3n) is 2.47. The second-order valence-corrected chi connectivity index (χ2v) is 4.58. The minimum absolute atomic E-state index is 0.00108. The Balaban J connectivity index is 2.55. The number of nitrogens with two attached hydrogens (primary N) is 1. The zero-order valence-corrected chi connectivity index (χ0v) is 10.3. The first-order valence-corrected chi connectivity index (χ1v) is 5.79. The largest absolute Gasteiger partial charge is 0.392 e. The molecule has 4 heteroatoms. The van der Waals surface area contributed by atoms with Gasteiger partial charge in [0.25, 0.3) is 0 Å². The van der Waals surface area contributed by atoms with Crippen LogP contribution in [0, 0.1) is 5.92 Å². The van der Waals surface area contributed by atoms with Crippen molar-refractivity contribution in [3.63, 3.8) is 0 Å². The third kappa shape index (κ3) is 4.54. The number of aliphatic hydroxyl groups is 1. The number of hydrogen-bond donors (Lipinski definition) is 3. The highest BCUT2D eigenvalue weighted by Gasteiger charge is 2.14. The van der Waals surface area contributed by atoms with Crippen molar-refractivity contribution in [1.82, 2.24) is 0 Å². The van der Waals surface area contributed by atoms with Gasteiger partial charge in [-0.2, -0.15) is 0 Å². The van der Waals surface area contributed by atoms with E-state index in [9.17, 15) is 4.79 Å². The number of nitrogens with one attached hydrogen (secondary N) is 1. The van der Waals surface area contributed by atoms with Crippen molar-refractivity contribution in [3.05, 3.63) is 29.8 Å². The first-order chi connectivity index (χ1) is 8.02. The summed E-state index contributed by atoms with van der Waals surface area (Å²) in [5.41, 5.74) is 7.28. The lowest BCUT2D eigenvalue weighted by Gasteiger charge is -2.14. The maximum Gasteiger partial charge on any atom is 0.241 e. The van der Waals surface area contributed by atoms with Crippen LogP contribution in [0.4, 0.5) is 5.69 Å². The average Bonchev–Trinajstić information content (AvgIpc) is 2.29. The third-order valence-corrected chi connectivity index (χ3v) is 2.47. The van der Waals surface area contributed by atoms with Crippen LogP contribution in [0.15, 0.2) is 24.3 Å². The molecular weight excluding hydrogens is 216 g/mol. The van der Waals surface area contributed by atoms with Gasteiger partial charge < -0.3 is 16.2 Å². The topological polar surface area (TPSA) is 75.4 Å². The fourth-order valence-corrected chi connectivity index (χ4v) is 1.54. The predicted molar refractivity (Wildman–Crippen MR) is 68.4 cm³/mol. The van der Waals surface area contributed by atoms with Crippen LogP contribution in [0.5, 0.6) is 0 Å². The molecule has 0 saturated heterocycles. The Kier molecular flexibility index (Phi) is 5.12. The second-order valence-electron chi connectivity index (χ2n) is 4.58. The van der Waals surface area contributed by atoms with Crippen LogP contribution in [0.1, 0.15) is 25.8 Å². The van der Waals surface area contributed by atoms with Crippen molar-refractivity contribution in [2.45, 2.75) is 32.9 Å². The van der Waals surface area contributed by atoms with Crippen LogP contribution >= 0.6 is 0 Å². The van der Waals surface area contributed by atoms with Gasteiger partial charge in [0, 0.05) is 5.69 Å². The number of carbonyl (C=O) groups excluding carboxylic acids is 1. The summed E-state index contributed by atoms with van der Waals surface area (Å²) in [6.07, 6.45) is 0.667. The smallest absolute Gasteiger partial charge is 0.241 e. The van der Waals surface area contributed by atoms with E-state index in [0.717, 1.165) is 5.56 Å². The minimum atomic E-state index is -0.479. The monoisotopic (exact) mass is 236 g/mol. The van der Waals surface area contributed by atoms with Crippen molar-refractivity contribution in [1.29, 1.82) is 0 Å². The van der Waals surface area contributed by atoms with Gasteiger partial charge in [-0.1, -0.05) is 26.0 Å². The summed E-state index contributed by atoms with van der Waals surface area (Å²) in [7, 11) is 0. The van der Waals surface area contributed by atoms with Crippen molar-refractivity contribution >= 4 is 11.6 Å². The van der Waals surface area contributed by atoms with E-state index in [0.29, 0.717) is 18.0 Å². The second kappa shape index (κ2) is 6.37. The predicted octanol–water partition coefficient (Wildman–Crippen LogP) is 1.49. The minimum Gasteiger partial charge on any atom is -0.392 e. The molecule has 0 aliphatic heterocycles. The number of amides is 1. The van der Waals surface area contributed by atoms with Crippen molar-refractivity contribution in [2.24, 2.45) is 11.7 Å². The molecule has 1 aromatic rings. The molecule has 1 aromatic carbocycles. The van der Waals surface area contributed by atoms with Crippen LogP contribution in [0.3, 0.4) is 0 Å². The van der Waals surface area contributed by atoms with Crippen LogP contribution in [-0.4, -0.2) is 17.1 Å². The molecule has 0 aliphatic rings. The zero-order chi connectivity index (χ0) is 12.8. The number of hydrogen-bond acceptors (Lipinski definition) is 3. The summed E-state index contributed by atoms with van der Waals surface area (Å²) in [5, 5.41) is 11.6. The highest BCUT2D eigenvalue weighted by atomic mass is 16.3. The summed E-state index contributed by atoms with van der Waals surface area (Å²) < 4.78 is 0. The molecule has 0 saturated carbocycles. The van der Waals surface area contributed by atoms with Gasteiger partial charge in [0.15, 0.2) is 0 Å². The maximum atomic E-state index is 11.7. The van der Waals surface area contributed by atoms with Gasteiger partial charge in [-0.15, -0.1) is 0 Å². The van der Waals surface area contributed by atoms with Crippen LogP contribution in [0.25, 0.3) is 0 Å². The molecule has 1 rings (SSSR count). The van der Waals surface area contributed by atoms with Gasteiger partial charge in [-0.3, -0.25) is 4.79 Å². The normalized spacial score (nSPS) is 12.5. The molecular formula is C13H20N2O2. The summed E-state index contributed by atoms with van der Waals surface area (Å²) in [4.78, 5) is 11.7. The molecule has 17 heavy (non-hydrogen) atoms. The van der Waals surface area contributed by atoms with Crippen molar-refractivity contribution < 1.29 is 9.90 Å². The summed E-state index contributed by atoms with van der Waals surface area (Å²) in [6, 6.07) is 6.57. The molecule has 0 unspecified atom stereocenters. The molecule has 1 amide bonds. The highest BCUT2D eigenvalue weighted by molar-refractivity contribution is 5.94. The Hall–Kier alpha value is -1.39. The fraction of sp³-hybridized carbons (Fsp3) is 0.462.